The normalized spacial score (nSPS) is 9.79. The molecule has 0 heterocycles. The van der Waals surface area contributed by atoms with Gasteiger partial charge in [-0.2, -0.15) is 5.26 Å². The van der Waals surface area contributed by atoms with Crippen molar-refractivity contribution in [2.45, 2.75) is 32.7 Å². The van der Waals surface area contributed by atoms with Crippen LogP contribution in [-0.4, -0.2) is 25.0 Å². The zero-order valence-electron chi connectivity index (χ0n) is 11.8. The number of carbonyl (C=O) groups is 1. The zero-order chi connectivity index (χ0) is 14.3. The molecule has 0 bridgehead atoms. The Morgan fingerprint density at radius 1 is 1.47 bits per heavy atom. The van der Waals surface area contributed by atoms with Crippen molar-refractivity contribution in [1.29, 1.82) is 5.26 Å². The topological polar surface area (TPSA) is 53.3 Å². The Morgan fingerprint density at radius 3 is 2.79 bits per heavy atom. The number of nitriles is 1. The van der Waals surface area contributed by atoms with Gasteiger partial charge in [-0.25, -0.2) is 0 Å². The van der Waals surface area contributed by atoms with E-state index in [9.17, 15) is 4.79 Å². The van der Waals surface area contributed by atoms with E-state index in [0.29, 0.717) is 6.54 Å². The number of carbonyl (C=O) groups excluding carboxylic acids is 1. The Morgan fingerprint density at radius 2 is 2.21 bits per heavy atom. The van der Waals surface area contributed by atoms with Gasteiger partial charge >= 0.3 is 0 Å². The first-order valence-electron chi connectivity index (χ1n) is 6.39. The number of methoxy groups -OCH3 is 1. The van der Waals surface area contributed by atoms with Crippen LogP contribution in [0.15, 0.2) is 18.2 Å². The molecule has 1 aromatic rings. The molecule has 19 heavy (non-hydrogen) atoms. The molecule has 1 amide bonds. The first kappa shape index (κ1) is 15.0. The fourth-order valence-corrected chi connectivity index (χ4v) is 1.87. The van der Waals surface area contributed by atoms with E-state index in [2.05, 4.69) is 13.0 Å². The summed E-state index contributed by atoms with van der Waals surface area (Å²) in [5, 5.41) is 8.50. The molecule has 0 N–H and O–H groups in total. The van der Waals surface area contributed by atoms with Crippen molar-refractivity contribution in [2.75, 3.05) is 14.2 Å². The second-order valence-electron chi connectivity index (χ2n) is 4.41. The lowest BCUT2D eigenvalue weighted by Crippen LogP contribution is -2.26. The molecule has 0 aliphatic carbocycles. The lowest BCUT2D eigenvalue weighted by molar-refractivity contribution is -0.130. The van der Waals surface area contributed by atoms with E-state index in [1.54, 1.807) is 19.1 Å². The smallest absolute Gasteiger partial charge is 0.223 e. The van der Waals surface area contributed by atoms with E-state index in [-0.39, 0.29) is 18.7 Å². The maximum atomic E-state index is 11.8. The van der Waals surface area contributed by atoms with Crippen molar-refractivity contribution < 1.29 is 9.53 Å². The quantitative estimate of drug-likeness (QED) is 0.789. The van der Waals surface area contributed by atoms with Crippen molar-refractivity contribution in [3.05, 3.63) is 29.3 Å². The SMILES string of the molecule is CCc1ccc(OC)c(CN(C)C(=O)CCC#N)c1. The summed E-state index contributed by atoms with van der Waals surface area (Å²) in [6.07, 6.45) is 1.47. The minimum atomic E-state index is -0.0227. The van der Waals surface area contributed by atoms with Crippen LogP contribution in [-0.2, 0) is 17.8 Å². The molecule has 0 spiro atoms. The highest BCUT2D eigenvalue weighted by Gasteiger charge is 2.12. The lowest BCUT2D eigenvalue weighted by atomic mass is 10.1. The minimum Gasteiger partial charge on any atom is -0.496 e. The Balaban J connectivity index is 2.80. The van der Waals surface area contributed by atoms with E-state index >= 15 is 0 Å². The van der Waals surface area contributed by atoms with Gasteiger partial charge in [0.2, 0.25) is 5.91 Å². The van der Waals surface area contributed by atoms with Gasteiger partial charge in [-0.1, -0.05) is 19.1 Å². The maximum absolute atomic E-state index is 11.8. The summed E-state index contributed by atoms with van der Waals surface area (Å²) < 4.78 is 5.32. The van der Waals surface area contributed by atoms with E-state index in [1.807, 2.05) is 18.2 Å². The van der Waals surface area contributed by atoms with Crippen LogP contribution in [0.3, 0.4) is 0 Å². The molecule has 0 aromatic heterocycles. The second kappa shape index (κ2) is 7.42. The van der Waals surface area contributed by atoms with Crippen LogP contribution in [0.2, 0.25) is 0 Å². The third kappa shape index (κ3) is 4.29. The maximum Gasteiger partial charge on any atom is 0.223 e. The second-order valence-corrected chi connectivity index (χ2v) is 4.41. The van der Waals surface area contributed by atoms with Gasteiger partial charge in [-0.05, 0) is 18.1 Å². The standard InChI is InChI=1S/C15H20N2O2/c1-4-12-7-8-14(19-3)13(10-12)11-17(2)15(18)6-5-9-16/h7-8,10H,4-6,11H2,1-3H3. The number of rotatable bonds is 6. The van der Waals surface area contributed by atoms with Gasteiger partial charge in [0.15, 0.2) is 0 Å². The zero-order valence-corrected chi connectivity index (χ0v) is 11.8. The molecular formula is C15H20N2O2. The van der Waals surface area contributed by atoms with E-state index < -0.39 is 0 Å². The molecule has 102 valence electrons. The lowest BCUT2D eigenvalue weighted by Gasteiger charge is -2.19. The number of hydrogen-bond acceptors (Lipinski definition) is 3. The molecule has 1 aromatic carbocycles. The third-order valence-corrected chi connectivity index (χ3v) is 3.04. The number of benzene rings is 1. The summed E-state index contributed by atoms with van der Waals surface area (Å²) in [4.78, 5) is 13.4. The molecular weight excluding hydrogens is 240 g/mol. The predicted molar refractivity (Wildman–Crippen MR) is 73.7 cm³/mol. The molecule has 0 radical (unpaired) electrons. The largest absolute Gasteiger partial charge is 0.496 e. The summed E-state index contributed by atoms with van der Waals surface area (Å²) >= 11 is 0. The van der Waals surface area contributed by atoms with Crippen LogP contribution in [0.25, 0.3) is 0 Å². The van der Waals surface area contributed by atoms with Crippen LogP contribution < -0.4 is 4.74 Å². The molecule has 0 aliphatic heterocycles. The average molecular weight is 260 g/mol. The van der Waals surface area contributed by atoms with E-state index in [0.717, 1.165) is 17.7 Å². The first-order valence-corrected chi connectivity index (χ1v) is 6.39. The van der Waals surface area contributed by atoms with Crippen molar-refractivity contribution >= 4 is 5.91 Å². The van der Waals surface area contributed by atoms with Gasteiger partial charge in [0.1, 0.15) is 5.75 Å². The number of amides is 1. The van der Waals surface area contributed by atoms with Crippen LogP contribution in [0, 0.1) is 11.3 Å². The van der Waals surface area contributed by atoms with Crippen molar-refractivity contribution in [3.63, 3.8) is 0 Å². The Labute approximate surface area is 114 Å². The van der Waals surface area contributed by atoms with Gasteiger partial charge in [0.25, 0.3) is 0 Å². The molecule has 4 nitrogen and oxygen atoms in total. The van der Waals surface area contributed by atoms with Gasteiger partial charge in [0.05, 0.1) is 13.2 Å². The summed E-state index contributed by atoms with van der Waals surface area (Å²) in [5.41, 5.74) is 2.21. The van der Waals surface area contributed by atoms with Crippen molar-refractivity contribution in [3.8, 4) is 11.8 Å². The number of hydrogen-bond donors (Lipinski definition) is 0. The van der Waals surface area contributed by atoms with Gasteiger partial charge in [0, 0.05) is 32.0 Å². The van der Waals surface area contributed by atoms with E-state index in [1.165, 1.54) is 5.56 Å². The number of ether oxygens (including phenoxy) is 1. The van der Waals surface area contributed by atoms with Crippen molar-refractivity contribution in [1.82, 2.24) is 4.90 Å². The van der Waals surface area contributed by atoms with Crippen LogP contribution in [0.4, 0.5) is 0 Å². The minimum absolute atomic E-state index is 0.0227. The average Bonchev–Trinajstić information content (AvgIpc) is 2.44. The summed E-state index contributed by atoms with van der Waals surface area (Å²) in [7, 11) is 3.37. The van der Waals surface area contributed by atoms with E-state index in [4.69, 9.17) is 10.00 Å². The van der Waals surface area contributed by atoms with Crippen LogP contribution in [0.1, 0.15) is 30.9 Å². The number of nitrogens with zero attached hydrogens (tertiary/aromatic N) is 2. The third-order valence-electron chi connectivity index (χ3n) is 3.04. The highest BCUT2D eigenvalue weighted by atomic mass is 16.5. The Kier molecular flexibility index (Phi) is 5.87. The summed E-state index contributed by atoms with van der Waals surface area (Å²) in [6, 6.07) is 8.01. The van der Waals surface area contributed by atoms with Crippen LogP contribution >= 0.6 is 0 Å². The molecule has 0 unspecified atom stereocenters. The van der Waals surface area contributed by atoms with Gasteiger partial charge < -0.3 is 9.64 Å². The first-order chi connectivity index (χ1) is 9.12. The highest BCUT2D eigenvalue weighted by molar-refractivity contribution is 5.76. The fourth-order valence-electron chi connectivity index (χ4n) is 1.87. The predicted octanol–water partition coefficient (Wildman–Crippen LogP) is 2.52. The Bertz CT molecular complexity index is 478. The summed E-state index contributed by atoms with van der Waals surface area (Å²) in [5.74, 6) is 0.766. The molecule has 0 atom stereocenters. The highest BCUT2D eigenvalue weighted by Crippen LogP contribution is 2.21. The molecule has 0 saturated heterocycles. The number of aryl methyl sites for hydroxylation is 1. The summed E-state index contributed by atoms with van der Waals surface area (Å²) in [6.45, 7) is 2.59. The molecule has 0 fully saturated rings. The molecule has 0 saturated carbocycles. The van der Waals surface area contributed by atoms with Gasteiger partial charge in [-0.15, -0.1) is 0 Å². The fraction of sp³-hybridized carbons (Fsp3) is 0.467. The Hall–Kier alpha value is -2.02. The monoisotopic (exact) mass is 260 g/mol. The van der Waals surface area contributed by atoms with Crippen molar-refractivity contribution in [2.24, 2.45) is 0 Å². The van der Waals surface area contributed by atoms with Gasteiger partial charge in [-0.3, -0.25) is 4.79 Å². The molecule has 4 heteroatoms. The molecule has 1 rings (SSSR count). The molecule has 0 aliphatic rings. The van der Waals surface area contributed by atoms with Crippen LogP contribution in [0.5, 0.6) is 5.75 Å².